The second-order valence-electron chi connectivity index (χ2n) is 5.00. The van der Waals surface area contributed by atoms with Crippen molar-refractivity contribution in [2.45, 2.75) is 45.6 Å². The number of nitrogens with zero attached hydrogens (tertiary/aromatic N) is 1. The molecule has 0 bridgehead atoms. The minimum atomic E-state index is -0.0362. The summed E-state index contributed by atoms with van der Waals surface area (Å²) < 4.78 is 6.85. The van der Waals surface area contributed by atoms with Gasteiger partial charge in [-0.1, -0.05) is 39.9 Å². The molecule has 0 aromatic carbocycles. The zero-order valence-electron chi connectivity index (χ0n) is 10.9. The normalized spacial score (nSPS) is 13.8. The van der Waals surface area contributed by atoms with Crippen LogP contribution < -0.4 is 0 Å². The highest BCUT2D eigenvalue weighted by Gasteiger charge is 2.22. The lowest BCUT2D eigenvalue weighted by Crippen LogP contribution is -2.18. The highest BCUT2D eigenvalue weighted by Crippen LogP contribution is 2.30. The number of aromatic nitrogens is 2. The van der Waals surface area contributed by atoms with Gasteiger partial charge in [0.15, 0.2) is 0 Å². The van der Waals surface area contributed by atoms with Crippen molar-refractivity contribution < 1.29 is 4.74 Å². The number of rotatable bonds is 3. The molecule has 1 aromatic rings. The number of nitrogens with one attached hydrogen (secondary N) is 1. The van der Waals surface area contributed by atoms with Gasteiger partial charge in [-0.2, -0.15) is 0 Å². The van der Waals surface area contributed by atoms with E-state index >= 15 is 0 Å². The summed E-state index contributed by atoms with van der Waals surface area (Å²) >= 11 is 8.78. The molecule has 96 valence electrons. The number of halogens is 1. The Morgan fingerprint density at radius 3 is 2.47 bits per heavy atom. The summed E-state index contributed by atoms with van der Waals surface area (Å²) in [5.41, 5.74) is 1.04. The minimum Gasteiger partial charge on any atom is -0.374 e. The van der Waals surface area contributed by atoms with Crippen molar-refractivity contribution in [3.63, 3.8) is 0 Å². The van der Waals surface area contributed by atoms with Crippen LogP contribution in [0.5, 0.6) is 0 Å². The molecule has 3 nitrogen and oxygen atoms in total. The van der Waals surface area contributed by atoms with Crippen LogP contribution in [0.25, 0.3) is 0 Å². The molecule has 17 heavy (non-hydrogen) atoms. The Bertz CT molecular complexity index is 447. The average molecular weight is 319 g/mol. The van der Waals surface area contributed by atoms with Crippen LogP contribution in [0, 0.1) is 4.64 Å². The molecule has 1 N–H and O–H groups in total. The van der Waals surface area contributed by atoms with Crippen LogP contribution in [-0.4, -0.2) is 17.1 Å². The lowest BCUT2D eigenvalue weighted by Gasteiger charge is -2.23. The van der Waals surface area contributed by atoms with E-state index in [1.165, 1.54) is 0 Å². The standard InChI is InChI=1S/C12H19BrN2OS/c1-6-7(16-5)10-14-9(12(2,3)4)8(13)11(17)15-10/h7H,6H2,1-5H3,(H,14,15,17). The number of ether oxygens (including phenoxy) is 1. The zero-order valence-corrected chi connectivity index (χ0v) is 13.3. The highest BCUT2D eigenvalue weighted by molar-refractivity contribution is 9.10. The number of hydrogen-bond donors (Lipinski definition) is 1. The van der Waals surface area contributed by atoms with Crippen molar-refractivity contribution in [2.24, 2.45) is 0 Å². The van der Waals surface area contributed by atoms with E-state index < -0.39 is 0 Å². The Kier molecular flexibility index (Phi) is 4.86. The fraction of sp³-hybridized carbons (Fsp3) is 0.667. The van der Waals surface area contributed by atoms with Crippen LogP contribution in [0.15, 0.2) is 4.47 Å². The Labute approximate surface area is 116 Å². The summed E-state index contributed by atoms with van der Waals surface area (Å²) in [7, 11) is 1.69. The van der Waals surface area contributed by atoms with E-state index in [-0.39, 0.29) is 11.5 Å². The Hall–Kier alpha value is -0.260. The molecule has 1 rings (SSSR count). The van der Waals surface area contributed by atoms with Crippen LogP contribution in [0.4, 0.5) is 0 Å². The van der Waals surface area contributed by atoms with Gasteiger partial charge in [0.1, 0.15) is 16.6 Å². The fourth-order valence-electron chi connectivity index (χ4n) is 1.62. The van der Waals surface area contributed by atoms with Crippen LogP contribution in [0.1, 0.15) is 51.7 Å². The lowest BCUT2D eigenvalue weighted by atomic mass is 9.92. The largest absolute Gasteiger partial charge is 0.374 e. The van der Waals surface area contributed by atoms with Crippen LogP contribution >= 0.6 is 28.1 Å². The quantitative estimate of drug-likeness (QED) is 0.844. The minimum absolute atomic E-state index is 0.0177. The number of aromatic amines is 1. The molecule has 0 spiro atoms. The van der Waals surface area contributed by atoms with E-state index in [0.29, 0.717) is 4.64 Å². The molecule has 1 atom stereocenters. The van der Waals surface area contributed by atoms with Gasteiger partial charge in [-0.25, -0.2) is 4.98 Å². The molecule has 1 heterocycles. The van der Waals surface area contributed by atoms with Gasteiger partial charge in [0.2, 0.25) is 0 Å². The summed E-state index contributed by atoms with van der Waals surface area (Å²) in [5, 5.41) is 0. The zero-order chi connectivity index (χ0) is 13.2. The molecule has 0 saturated carbocycles. The van der Waals surface area contributed by atoms with Crippen molar-refractivity contribution in [2.75, 3.05) is 7.11 Å². The summed E-state index contributed by atoms with van der Waals surface area (Å²) in [6, 6.07) is 0. The smallest absolute Gasteiger partial charge is 0.144 e. The van der Waals surface area contributed by atoms with Gasteiger partial charge < -0.3 is 9.72 Å². The van der Waals surface area contributed by atoms with Crippen LogP contribution in [0.3, 0.4) is 0 Å². The first kappa shape index (κ1) is 14.8. The number of hydrogen-bond acceptors (Lipinski definition) is 3. The monoisotopic (exact) mass is 318 g/mol. The van der Waals surface area contributed by atoms with Gasteiger partial charge in [-0.05, 0) is 22.4 Å². The van der Waals surface area contributed by atoms with Crippen LogP contribution in [-0.2, 0) is 10.2 Å². The summed E-state index contributed by atoms with van der Waals surface area (Å²) in [6.07, 6.45) is 0.825. The molecule has 0 aliphatic rings. The van der Waals surface area contributed by atoms with Gasteiger partial charge in [0.05, 0.1) is 4.47 Å². The van der Waals surface area contributed by atoms with Crippen molar-refractivity contribution in [3.8, 4) is 0 Å². The molecule has 1 unspecified atom stereocenters. The van der Waals surface area contributed by atoms with Crippen molar-refractivity contribution in [1.82, 2.24) is 9.97 Å². The Balaban J connectivity index is 3.39. The lowest BCUT2D eigenvalue weighted by molar-refractivity contribution is 0.0920. The van der Waals surface area contributed by atoms with Crippen LogP contribution in [0.2, 0.25) is 0 Å². The van der Waals surface area contributed by atoms with Gasteiger partial charge in [0, 0.05) is 18.2 Å². The van der Waals surface area contributed by atoms with Crippen molar-refractivity contribution >= 4 is 28.1 Å². The fourth-order valence-corrected chi connectivity index (χ4v) is 2.60. The highest BCUT2D eigenvalue weighted by atomic mass is 79.9. The third kappa shape index (κ3) is 3.36. The van der Waals surface area contributed by atoms with E-state index in [9.17, 15) is 0 Å². The number of H-pyrrole nitrogens is 1. The maximum Gasteiger partial charge on any atom is 0.144 e. The molecule has 0 amide bonds. The molecular weight excluding hydrogens is 300 g/mol. The Morgan fingerprint density at radius 2 is 2.06 bits per heavy atom. The van der Waals surface area contributed by atoms with Gasteiger partial charge in [0.25, 0.3) is 0 Å². The summed E-state index contributed by atoms with van der Waals surface area (Å²) in [6.45, 7) is 8.47. The maximum atomic E-state index is 5.39. The molecule has 1 aromatic heterocycles. The van der Waals surface area contributed by atoms with Crippen molar-refractivity contribution in [3.05, 3.63) is 20.6 Å². The van der Waals surface area contributed by atoms with E-state index in [4.69, 9.17) is 17.0 Å². The second-order valence-corrected chi connectivity index (χ2v) is 6.18. The molecule has 0 fully saturated rings. The second kappa shape index (κ2) is 5.59. The van der Waals surface area contributed by atoms with Crippen molar-refractivity contribution in [1.29, 1.82) is 0 Å². The first-order valence-corrected chi connectivity index (χ1v) is 6.84. The summed E-state index contributed by atoms with van der Waals surface area (Å²) in [5.74, 6) is 0.799. The Morgan fingerprint density at radius 1 is 1.47 bits per heavy atom. The molecule has 0 saturated heterocycles. The summed E-state index contributed by atoms with van der Waals surface area (Å²) in [4.78, 5) is 7.72. The van der Waals surface area contributed by atoms with Gasteiger partial charge in [-0.3, -0.25) is 0 Å². The third-order valence-electron chi connectivity index (χ3n) is 2.59. The maximum absolute atomic E-state index is 5.39. The molecule has 0 aliphatic heterocycles. The topological polar surface area (TPSA) is 37.9 Å². The van der Waals surface area contributed by atoms with E-state index in [1.54, 1.807) is 7.11 Å². The van der Waals surface area contributed by atoms with E-state index in [1.807, 2.05) is 0 Å². The predicted octanol–water partition coefficient (Wildman–Crippen LogP) is 4.30. The van der Waals surface area contributed by atoms with Gasteiger partial charge >= 0.3 is 0 Å². The number of methoxy groups -OCH3 is 1. The molecular formula is C12H19BrN2OS. The van der Waals surface area contributed by atoms with E-state index in [2.05, 4.69) is 53.6 Å². The first-order chi connectivity index (χ1) is 7.81. The third-order valence-corrected chi connectivity index (χ3v) is 3.92. The van der Waals surface area contributed by atoms with E-state index in [0.717, 1.165) is 22.4 Å². The average Bonchev–Trinajstić information content (AvgIpc) is 2.23. The first-order valence-electron chi connectivity index (χ1n) is 5.64. The SMILES string of the molecule is CCC(OC)c1nc(=S)c(Br)c(C(C)(C)C)[nH]1. The molecule has 5 heteroatoms. The van der Waals surface area contributed by atoms with Gasteiger partial charge in [-0.15, -0.1) is 0 Å². The predicted molar refractivity (Wildman–Crippen MR) is 75.9 cm³/mol. The molecule has 0 aliphatic carbocycles. The molecule has 0 radical (unpaired) electrons.